The zero-order chi connectivity index (χ0) is 23.6. The number of carbonyl (C=O) groups excluding carboxylic acids is 1. The minimum Gasteiger partial charge on any atom is -0.483 e. The van der Waals surface area contributed by atoms with Gasteiger partial charge in [-0.05, 0) is 31.0 Å². The summed E-state index contributed by atoms with van der Waals surface area (Å²) in [6.45, 7) is 1.35. The van der Waals surface area contributed by atoms with Gasteiger partial charge in [0, 0.05) is 12.2 Å². The summed E-state index contributed by atoms with van der Waals surface area (Å²) in [5.74, 6) is 0.565. The highest BCUT2D eigenvalue weighted by Gasteiger charge is 2.44. The van der Waals surface area contributed by atoms with Gasteiger partial charge in [-0.1, -0.05) is 24.3 Å². The minimum absolute atomic E-state index is 0.0315. The van der Waals surface area contributed by atoms with Crippen LogP contribution in [0.1, 0.15) is 36.2 Å². The number of aliphatic hydroxyl groups is 1. The fourth-order valence-corrected chi connectivity index (χ4v) is 3.68. The van der Waals surface area contributed by atoms with Crippen molar-refractivity contribution in [2.45, 2.75) is 38.2 Å². The van der Waals surface area contributed by atoms with Gasteiger partial charge in [0.15, 0.2) is 12.8 Å². The van der Waals surface area contributed by atoms with Crippen LogP contribution in [0.4, 0.5) is 13.2 Å². The Bertz CT molecular complexity index is 1020. The van der Waals surface area contributed by atoms with E-state index in [2.05, 4.69) is 19.9 Å². The molecule has 7 nitrogen and oxygen atoms in total. The van der Waals surface area contributed by atoms with Crippen LogP contribution in [0.25, 0.3) is 5.76 Å². The summed E-state index contributed by atoms with van der Waals surface area (Å²) in [6, 6.07) is 9.80. The molecule has 1 aromatic heterocycles. The van der Waals surface area contributed by atoms with Crippen molar-refractivity contribution >= 4 is 11.7 Å². The number of nitrogens with one attached hydrogen (secondary N) is 1. The second-order valence-electron chi connectivity index (χ2n) is 7.97. The SMILES string of the molecule is CC1=C(c2ccc(CC(=O)N[C@H](CCO)c3ccc(OCC(F)(F)F)cn3)cc2)OC2CN12. The van der Waals surface area contributed by atoms with Crippen molar-refractivity contribution in [1.29, 1.82) is 0 Å². The fourth-order valence-electron chi connectivity index (χ4n) is 3.68. The molecule has 1 amide bonds. The highest BCUT2D eigenvalue weighted by Crippen LogP contribution is 2.40. The van der Waals surface area contributed by atoms with Crippen molar-refractivity contribution in [3.05, 3.63) is 65.1 Å². The quantitative estimate of drug-likeness (QED) is 0.556. The van der Waals surface area contributed by atoms with Gasteiger partial charge in [-0.2, -0.15) is 13.2 Å². The van der Waals surface area contributed by atoms with Crippen molar-refractivity contribution in [3.8, 4) is 5.75 Å². The number of rotatable bonds is 9. The highest BCUT2D eigenvalue weighted by molar-refractivity contribution is 5.79. The third kappa shape index (κ3) is 5.75. The standard InChI is InChI=1S/C23H24F3N3O4/c1-14-22(33-21-12-29(14)21)16-4-2-15(3-5-16)10-20(31)28-19(8-9-30)18-7-6-17(11-27-18)32-13-23(24,25)26/h2-7,11,19,21,30H,8-10,12-13H2,1H3,(H,28,31)/t19-,21?,29?/m1/s1. The van der Waals surface area contributed by atoms with Crippen LogP contribution in [0.15, 0.2) is 48.3 Å². The summed E-state index contributed by atoms with van der Waals surface area (Å²) in [4.78, 5) is 18.8. The maximum absolute atomic E-state index is 12.6. The number of allylic oxidation sites excluding steroid dienone is 1. The number of ether oxygens (including phenoxy) is 2. The number of carbonyl (C=O) groups is 1. The molecule has 1 unspecified atom stereocenters. The summed E-state index contributed by atoms with van der Waals surface area (Å²) >= 11 is 0. The van der Waals surface area contributed by atoms with Crippen molar-refractivity contribution in [2.24, 2.45) is 0 Å². The number of amides is 1. The zero-order valence-electron chi connectivity index (χ0n) is 17.9. The van der Waals surface area contributed by atoms with Crippen LogP contribution < -0.4 is 10.1 Å². The number of hydrogen-bond donors (Lipinski definition) is 2. The van der Waals surface area contributed by atoms with E-state index in [0.717, 1.165) is 29.1 Å². The van der Waals surface area contributed by atoms with Gasteiger partial charge in [0.2, 0.25) is 5.91 Å². The van der Waals surface area contributed by atoms with Gasteiger partial charge in [-0.3, -0.25) is 9.78 Å². The fraction of sp³-hybridized carbons (Fsp3) is 0.391. The third-order valence-corrected chi connectivity index (χ3v) is 5.43. The molecule has 0 radical (unpaired) electrons. The number of aliphatic hydroxyl groups excluding tert-OH is 1. The first-order valence-electron chi connectivity index (χ1n) is 10.5. The number of hydrogen-bond acceptors (Lipinski definition) is 6. The lowest BCUT2D eigenvalue weighted by Crippen LogP contribution is -2.31. The molecule has 2 N–H and O–H groups in total. The maximum Gasteiger partial charge on any atom is 0.422 e. The van der Waals surface area contributed by atoms with Crippen molar-refractivity contribution in [1.82, 2.24) is 15.2 Å². The Morgan fingerprint density at radius 2 is 2.06 bits per heavy atom. The molecule has 3 heterocycles. The number of fused-ring (bicyclic) bond motifs is 1. The average molecular weight is 463 g/mol. The Balaban J connectivity index is 1.34. The number of benzene rings is 1. The molecule has 33 heavy (non-hydrogen) atoms. The first-order chi connectivity index (χ1) is 15.7. The van der Waals surface area contributed by atoms with Crippen LogP contribution in [0.5, 0.6) is 5.75 Å². The largest absolute Gasteiger partial charge is 0.483 e. The Kier molecular flexibility index (Phi) is 6.46. The average Bonchev–Trinajstić information content (AvgIpc) is 3.48. The molecule has 1 saturated heterocycles. The Morgan fingerprint density at radius 3 is 2.64 bits per heavy atom. The normalized spacial score (nSPS) is 18.0. The number of aromatic nitrogens is 1. The van der Waals surface area contributed by atoms with Gasteiger partial charge in [0.25, 0.3) is 0 Å². The third-order valence-electron chi connectivity index (χ3n) is 5.43. The van der Waals surface area contributed by atoms with E-state index < -0.39 is 18.8 Å². The minimum atomic E-state index is -4.44. The molecule has 2 aromatic rings. The smallest absolute Gasteiger partial charge is 0.422 e. The Hall–Kier alpha value is -3.27. The molecule has 1 fully saturated rings. The van der Waals surface area contributed by atoms with E-state index in [4.69, 9.17) is 4.74 Å². The summed E-state index contributed by atoms with van der Waals surface area (Å²) in [7, 11) is 0. The molecule has 0 saturated carbocycles. The molecule has 1 aromatic carbocycles. The number of halogens is 3. The lowest BCUT2D eigenvalue weighted by atomic mass is 10.1. The van der Waals surface area contributed by atoms with Crippen molar-refractivity contribution in [3.63, 3.8) is 0 Å². The molecular weight excluding hydrogens is 439 g/mol. The van der Waals surface area contributed by atoms with Crippen LogP contribution in [0, 0.1) is 0 Å². The number of pyridine rings is 1. The van der Waals surface area contributed by atoms with E-state index in [0.29, 0.717) is 5.69 Å². The molecule has 0 aliphatic carbocycles. The summed E-state index contributed by atoms with van der Waals surface area (Å²) in [6.07, 6.45) is -2.78. The molecule has 176 valence electrons. The van der Waals surface area contributed by atoms with Crippen LogP contribution >= 0.6 is 0 Å². The summed E-state index contributed by atoms with van der Waals surface area (Å²) in [5.41, 5.74) is 3.30. The molecule has 4 rings (SSSR count). The monoisotopic (exact) mass is 463 g/mol. The van der Waals surface area contributed by atoms with Crippen LogP contribution in [0.3, 0.4) is 0 Å². The van der Waals surface area contributed by atoms with E-state index in [1.54, 1.807) is 0 Å². The van der Waals surface area contributed by atoms with E-state index in [-0.39, 0.29) is 37.3 Å². The molecule has 0 spiro atoms. The number of nitrogens with zero attached hydrogens (tertiary/aromatic N) is 2. The predicted molar refractivity (Wildman–Crippen MR) is 113 cm³/mol. The first kappa shape index (κ1) is 22.9. The van der Waals surface area contributed by atoms with Crippen molar-refractivity contribution < 1.29 is 32.5 Å². The van der Waals surface area contributed by atoms with Crippen LogP contribution in [-0.4, -0.2) is 53.1 Å². The second-order valence-corrected chi connectivity index (χ2v) is 7.97. The molecule has 2 aliphatic heterocycles. The van der Waals surface area contributed by atoms with Crippen molar-refractivity contribution in [2.75, 3.05) is 19.8 Å². The summed E-state index contributed by atoms with van der Waals surface area (Å²) in [5, 5.41) is 12.2. The highest BCUT2D eigenvalue weighted by atomic mass is 19.4. The van der Waals surface area contributed by atoms with Gasteiger partial charge in [-0.15, -0.1) is 0 Å². The number of alkyl halides is 3. The van der Waals surface area contributed by atoms with Gasteiger partial charge >= 0.3 is 6.18 Å². The lowest BCUT2D eigenvalue weighted by molar-refractivity contribution is -0.153. The van der Waals surface area contributed by atoms with E-state index in [1.807, 2.05) is 31.2 Å². The van der Waals surface area contributed by atoms with Gasteiger partial charge in [-0.25, -0.2) is 0 Å². The lowest BCUT2D eigenvalue weighted by Gasteiger charge is -2.18. The van der Waals surface area contributed by atoms with E-state index in [1.165, 1.54) is 18.3 Å². The molecule has 2 aliphatic rings. The predicted octanol–water partition coefficient (Wildman–Crippen LogP) is 3.17. The van der Waals surface area contributed by atoms with Gasteiger partial charge in [0.1, 0.15) is 11.5 Å². The topological polar surface area (TPSA) is 83.7 Å². The Morgan fingerprint density at radius 1 is 1.30 bits per heavy atom. The zero-order valence-corrected chi connectivity index (χ0v) is 17.9. The summed E-state index contributed by atoms with van der Waals surface area (Å²) < 4.78 is 47.3. The molecule has 0 bridgehead atoms. The molecule has 10 heteroatoms. The van der Waals surface area contributed by atoms with E-state index >= 15 is 0 Å². The second kappa shape index (κ2) is 9.30. The molecular formula is C23H24F3N3O4. The van der Waals surface area contributed by atoms with Gasteiger partial charge < -0.3 is 24.8 Å². The van der Waals surface area contributed by atoms with Crippen LogP contribution in [0.2, 0.25) is 0 Å². The Labute approximate surface area is 188 Å². The molecule has 2 atom stereocenters. The maximum atomic E-state index is 12.6. The van der Waals surface area contributed by atoms with Crippen LogP contribution in [-0.2, 0) is 16.0 Å². The van der Waals surface area contributed by atoms with Gasteiger partial charge in [0.05, 0.1) is 36.6 Å². The van der Waals surface area contributed by atoms with E-state index in [9.17, 15) is 23.1 Å². The first-order valence-corrected chi connectivity index (χ1v) is 10.5.